The van der Waals surface area contributed by atoms with Crippen LogP contribution in [0.15, 0.2) is 0 Å². The quantitative estimate of drug-likeness (QED) is 0.488. The average molecular weight is 432 g/mol. The van der Waals surface area contributed by atoms with Gasteiger partial charge < -0.3 is 18.9 Å². The molecule has 0 aromatic rings. The van der Waals surface area contributed by atoms with E-state index in [0.29, 0.717) is 18.4 Å². The third kappa shape index (κ3) is 5.30. The molecule has 172 valence electrons. The third-order valence-electron chi connectivity index (χ3n) is 8.01. The molecule has 4 rings (SSSR count). The Labute approximate surface area is 187 Å². The molecule has 2 aliphatic heterocycles. The van der Waals surface area contributed by atoms with Gasteiger partial charge in [-0.2, -0.15) is 0 Å². The highest BCUT2D eigenvalue weighted by atomic mass is 16.7. The molecule has 6 nitrogen and oxygen atoms in total. The third-order valence-corrected chi connectivity index (χ3v) is 8.01. The minimum Gasteiger partial charge on any atom is -0.457 e. The summed E-state index contributed by atoms with van der Waals surface area (Å²) in [5, 5.41) is -0.183. The molecule has 7 heteroatoms. The van der Waals surface area contributed by atoms with Gasteiger partial charge in [0, 0.05) is 0 Å². The van der Waals surface area contributed by atoms with Gasteiger partial charge in [0.05, 0.1) is 32.9 Å². The van der Waals surface area contributed by atoms with Crippen LogP contribution >= 0.6 is 0 Å². The molecule has 2 saturated carbocycles. The molecule has 2 saturated heterocycles. The summed E-state index contributed by atoms with van der Waals surface area (Å²) >= 11 is 0. The lowest BCUT2D eigenvalue weighted by molar-refractivity contribution is -0.161. The fourth-order valence-corrected chi connectivity index (χ4v) is 5.66. The van der Waals surface area contributed by atoms with Crippen LogP contribution in [-0.2, 0) is 28.5 Å². The lowest BCUT2D eigenvalue weighted by atomic mass is 9.60. The first-order valence-electron chi connectivity index (χ1n) is 12.2. The van der Waals surface area contributed by atoms with E-state index in [2.05, 4.69) is 13.8 Å². The number of esters is 2. The van der Waals surface area contributed by atoms with E-state index >= 15 is 0 Å². The average Bonchev–Trinajstić information content (AvgIpc) is 3.31. The first-order valence-corrected chi connectivity index (χ1v) is 12.2. The molecular formula is C24H37BO6. The minimum atomic E-state index is -0.436. The van der Waals surface area contributed by atoms with Crippen molar-refractivity contribution in [3.8, 4) is 0 Å². The van der Waals surface area contributed by atoms with Crippen molar-refractivity contribution >= 4 is 19.8 Å². The van der Waals surface area contributed by atoms with E-state index in [9.17, 15) is 9.59 Å². The molecule has 4 atom stereocenters. The van der Waals surface area contributed by atoms with Crippen LogP contribution in [0.2, 0.25) is 5.31 Å². The Morgan fingerprint density at radius 3 is 1.74 bits per heavy atom. The minimum absolute atomic E-state index is 0.0244. The summed E-state index contributed by atoms with van der Waals surface area (Å²) in [6.45, 7) is 7.13. The van der Waals surface area contributed by atoms with Crippen LogP contribution in [-0.4, -0.2) is 57.4 Å². The summed E-state index contributed by atoms with van der Waals surface area (Å²) in [4.78, 5) is 25.3. The highest BCUT2D eigenvalue weighted by Gasteiger charge is 2.52. The van der Waals surface area contributed by atoms with Gasteiger partial charge in [0.1, 0.15) is 12.2 Å². The molecule has 4 aliphatic rings. The Balaban J connectivity index is 1.24. The summed E-state index contributed by atoms with van der Waals surface area (Å²) in [5.41, 5.74) is 0. The molecule has 2 aliphatic carbocycles. The number of hydrogen-bond acceptors (Lipinski definition) is 6. The van der Waals surface area contributed by atoms with Gasteiger partial charge in [0.2, 0.25) is 0 Å². The number of hydrogen-bond donors (Lipinski definition) is 0. The zero-order valence-electron chi connectivity index (χ0n) is 19.2. The number of rotatable bonds is 5. The normalized spacial score (nSPS) is 42.9. The molecule has 2 radical (unpaired) electrons. The van der Waals surface area contributed by atoms with Crippen LogP contribution in [0.1, 0.15) is 72.1 Å². The molecule has 0 N–H and O–H groups in total. The molecule has 0 amide bonds. The number of ether oxygens (including phenoxy) is 4. The lowest BCUT2D eigenvalue weighted by Gasteiger charge is -2.34. The second kappa shape index (κ2) is 9.42. The second-order valence-corrected chi connectivity index (χ2v) is 10.8. The monoisotopic (exact) mass is 432 g/mol. The van der Waals surface area contributed by atoms with Crippen molar-refractivity contribution < 1.29 is 28.5 Å². The zero-order valence-corrected chi connectivity index (χ0v) is 19.2. The van der Waals surface area contributed by atoms with E-state index in [1.807, 2.05) is 6.92 Å². The molecule has 0 aromatic carbocycles. The van der Waals surface area contributed by atoms with E-state index in [-0.39, 0.29) is 47.9 Å². The van der Waals surface area contributed by atoms with Crippen LogP contribution in [0.4, 0.5) is 0 Å². The zero-order chi connectivity index (χ0) is 22.2. The van der Waals surface area contributed by atoms with Crippen LogP contribution in [0.5, 0.6) is 0 Å². The molecule has 0 aromatic heterocycles. The van der Waals surface area contributed by atoms with Crippen LogP contribution in [0.25, 0.3) is 0 Å². The standard InChI is InChI=1S/C24H37BO6/c1-14(2)15-4-6-16(7-5-15)22(26)30-18-12-28-21-19(13-29-20(18)21)31-23(27)17-8-10-24(3,25)11-9-17/h14-21H,4-13H2,1-3H3/t15?,16?,17?,18-,19+,20+,21+,24?/m0/s1. The van der Waals surface area contributed by atoms with Crippen molar-refractivity contribution in [2.75, 3.05) is 13.2 Å². The first-order chi connectivity index (χ1) is 14.7. The Morgan fingerprint density at radius 2 is 1.29 bits per heavy atom. The molecule has 2 heterocycles. The van der Waals surface area contributed by atoms with E-state index in [0.717, 1.165) is 51.4 Å². The van der Waals surface area contributed by atoms with Gasteiger partial charge in [-0.15, -0.1) is 0 Å². The molecule has 31 heavy (non-hydrogen) atoms. The van der Waals surface area contributed by atoms with Gasteiger partial charge in [-0.05, 0) is 50.4 Å². The Hall–Kier alpha value is -1.08. The van der Waals surface area contributed by atoms with Crippen molar-refractivity contribution in [1.29, 1.82) is 0 Å². The van der Waals surface area contributed by atoms with Crippen molar-refractivity contribution in [3.63, 3.8) is 0 Å². The van der Waals surface area contributed by atoms with Crippen molar-refractivity contribution in [1.82, 2.24) is 0 Å². The number of carbonyl (C=O) groups excluding carboxylic acids is 2. The summed E-state index contributed by atoms with van der Waals surface area (Å²) in [5.74, 6) is 0.930. The van der Waals surface area contributed by atoms with Gasteiger partial charge in [-0.1, -0.05) is 38.9 Å². The maximum absolute atomic E-state index is 12.7. The molecular weight excluding hydrogens is 395 g/mol. The van der Waals surface area contributed by atoms with E-state index in [1.54, 1.807) is 0 Å². The topological polar surface area (TPSA) is 71.1 Å². The summed E-state index contributed by atoms with van der Waals surface area (Å²) in [7, 11) is 6.17. The van der Waals surface area contributed by atoms with E-state index in [4.69, 9.17) is 26.8 Å². The van der Waals surface area contributed by atoms with Crippen molar-refractivity contribution in [2.24, 2.45) is 23.7 Å². The van der Waals surface area contributed by atoms with Crippen LogP contribution < -0.4 is 0 Å². The lowest BCUT2D eigenvalue weighted by Crippen LogP contribution is -2.38. The van der Waals surface area contributed by atoms with Crippen molar-refractivity contribution in [2.45, 2.75) is 102 Å². The molecule has 0 spiro atoms. The fourth-order valence-electron chi connectivity index (χ4n) is 5.66. The summed E-state index contributed by atoms with van der Waals surface area (Å²) in [6, 6.07) is 0. The van der Waals surface area contributed by atoms with Gasteiger partial charge in [0.25, 0.3) is 0 Å². The van der Waals surface area contributed by atoms with Crippen LogP contribution in [0, 0.1) is 23.7 Å². The second-order valence-electron chi connectivity index (χ2n) is 10.8. The first kappa shape index (κ1) is 23.1. The van der Waals surface area contributed by atoms with Crippen LogP contribution in [0.3, 0.4) is 0 Å². The Bertz CT molecular complexity index is 646. The Kier molecular flexibility index (Phi) is 7.02. The maximum Gasteiger partial charge on any atom is 0.309 e. The predicted octanol–water partition coefficient (Wildman–Crippen LogP) is 3.61. The molecule has 4 fully saturated rings. The predicted molar refractivity (Wildman–Crippen MR) is 116 cm³/mol. The summed E-state index contributed by atoms with van der Waals surface area (Å²) < 4.78 is 23.3. The van der Waals surface area contributed by atoms with Gasteiger partial charge >= 0.3 is 11.9 Å². The Morgan fingerprint density at radius 1 is 0.839 bits per heavy atom. The van der Waals surface area contributed by atoms with Gasteiger partial charge in [-0.3, -0.25) is 9.59 Å². The number of fused-ring (bicyclic) bond motifs is 1. The smallest absolute Gasteiger partial charge is 0.309 e. The largest absolute Gasteiger partial charge is 0.457 e. The highest BCUT2D eigenvalue weighted by molar-refractivity contribution is 6.14. The SMILES string of the molecule is [B]C1(C)CCC(C(=O)O[C@@H]2CO[C@H]3[C@@H]2OC[C@@H]3OC(=O)C2CCC(C(C)C)CC2)CC1. The number of carbonyl (C=O) groups is 2. The van der Waals surface area contributed by atoms with E-state index < -0.39 is 12.2 Å². The molecule has 0 bridgehead atoms. The summed E-state index contributed by atoms with van der Waals surface area (Å²) in [6.07, 6.45) is 5.57. The van der Waals surface area contributed by atoms with Gasteiger partial charge in [-0.25, -0.2) is 0 Å². The maximum atomic E-state index is 12.7. The van der Waals surface area contributed by atoms with E-state index in [1.165, 1.54) is 0 Å². The molecule has 0 unspecified atom stereocenters. The fraction of sp³-hybridized carbons (Fsp3) is 0.917. The highest BCUT2D eigenvalue weighted by Crippen LogP contribution is 2.42. The van der Waals surface area contributed by atoms with Gasteiger partial charge in [0.15, 0.2) is 12.2 Å². The van der Waals surface area contributed by atoms with Crippen molar-refractivity contribution in [3.05, 3.63) is 0 Å².